The minimum absolute atomic E-state index is 0.0246. The number of aromatic nitrogens is 1. The minimum Gasteiger partial charge on any atom is -0.445 e. The van der Waals surface area contributed by atoms with Crippen molar-refractivity contribution in [1.29, 1.82) is 0 Å². The molecule has 2 aromatic rings. The topological polar surface area (TPSA) is 66.7 Å². The number of benzene rings is 1. The van der Waals surface area contributed by atoms with E-state index in [4.69, 9.17) is 16.0 Å². The maximum atomic E-state index is 12.3. The van der Waals surface area contributed by atoms with Crippen LogP contribution in [0.4, 0.5) is 0 Å². The van der Waals surface area contributed by atoms with Gasteiger partial charge in [0.05, 0.1) is 6.20 Å². The second kappa shape index (κ2) is 7.45. The lowest BCUT2D eigenvalue weighted by Crippen LogP contribution is -2.44. The predicted octanol–water partition coefficient (Wildman–Crippen LogP) is 2.90. The van der Waals surface area contributed by atoms with Crippen molar-refractivity contribution < 1.29 is 12.8 Å². The molecule has 25 heavy (non-hydrogen) atoms. The summed E-state index contributed by atoms with van der Waals surface area (Å²) in [5.74, 6) is 1.31. The van der Waals surface area contributed by atoms with Gasteiger partial charge in [0.2, 0.25) is 0 Å². The molecule has 0 radical (unpaired) electrons. The first-order valence-electron chi connectivity index (χ1n) is 8.23. The monoisotopic (exact) mass is 383 g/mol. The summed E-state index contributed by atoms with van der Waals surface area (Å²) in [5.41, 5.74) is 0.979. The van der Waals surface area contributed by atoms with Crippen molar-refractivity contribution in [1.82, 2.24) is 13.6 Å². The number of nitrogens with zero attached hydrogens (tertiary/aromatic N) is 3. The first-order chi connectivity index (χ1) is 11.9. The number of oxazole rings is 1. The Morgan fingerprint density at radius 2 is 2.12 bits per heavy atom. The normalized spacial score (nSPS) is 19.4. The Balaban J connectivity index is 1.73. The second-order valence-corrected chi connectivity index (χ2v) is 8.97. The smallest absolute Gasteiger partial charge is 0.281 e. The van der Waals surface area contributed by atoms with Gasteiger partial charge >= 0.3 is 0 Å². The van der Waals surface area contributed by atoms with Crippen LogP contribution >= 0.6 is 11.6 Å². The summed E-state index contributed by atoms with van der Waals surface area (Å²) in [7, 11) is -0.314. The summed E-state index contributed by atoms with van der Waals surface area (Å²) in [6.45, 7) is 0.927. The largest absolute Gasteiger partial charge is 0.445 e. The number of hydrogen-bond donors (Lipinski definition) is 0. The van der Waals surface area contributed by atoms with Crippen LogP contribution in [0.25, 0.3) is 0 Å². The van der Waals surface area contributed by atoms with Crippen LogP contribution in [0.3, 0.4) is 0 Å². The van der Waals surface area contributed by atoms with Crippen LogP contribution in [0, 0.1) is 0 Å². The highest BCUT2D eigenvalue weighted by molar-refractivity contribution is 7.86. The van der Waals surface area contributed by atoms with E-state index in [0.717, 1.165) is 24.2 Å². The van der Waals surface area contributed by atoms with Gasteiger partial charge in [-0.15, -0.1) is 0 Å². The number of rotatable bonds is 5. The third-order valence-corrected chi connectivity index (χ3v) is 6.69. The van der Waals surface area contributed by atoms with Crippen molar-refractivity contribution in [2.75, 3.05) is 27.2 Å². The van der Waals surface area contributed by atoms with Gasteiger partial charge in [0.15, 0.2) is 5.89 Å². The van der Waals surface area contributed by atoms with E-state index in [2.05, 4.69) is 4.98 Å². The quantitative estimate of drug-likeness (QED) is 0.796. The lowest BCUT2D eigenvalue weighted by atomic mass is 10.00. The highest BCUT2D eigenvalue weighted by atomic mass is 35.5. The first kappa shape index (κ1) is 18.4. The molecule has 6 nitrogen and oxygen atoms in total. The fraction of sp³-hybridized carbons (Fsp3) is 0.471. The first-order valence-corrected chi connectivity index (χ1v) is 10.0. The molecule has 0 saturated carbocycles. The Morgan fingerprint density at radius 1 is 1.36 bits per heavy atom. The van der Waals surface area contributed by atoms with E-state index in [1.54, 1.807) is 20.3 Å². The standard InChI is InChI=1S/C17H22ClN3O3S/c1-20(2)25(22,23)21-9-5-7-14(12-21)17-19-11-15(24-17)10-13-6-3-4-8-16(13)18/h3-4,6,8,11,14H,5,7,9-10,12H2,1-2H3. The second-order valence-electron chi connectivity index (χ2n) is 6.42. The fourth-order valence-corrected chi connectivity index (χ4v) is 4.40. The molecule has 1 saturated heterocycles. The molecule has 0 amide bonds. The molecule has 1 aromatic heterocycles. The summed E-state index contributed by atoms with van der Waals surface area (Å²) in [6.07, 6.45) is 3.93. The molecular formula is C17H22ClN3O3S. The Labute approximate surface area is 153 Å². The van der Waals surface area contributed by atoms with Crippen molar-refractivity contribution >= 4 is 21.8 Å². The third kappa shape index (κ3) is 4.06. The molecule has 2 heterocycles. The third-order valence-electron chi connectivity index (χ3n) is 4.42. The Bertz CT molecular complexity index is 835. The van der Waals surface area contributed by atoms with E-state index < -0.39 is 10.2 Å². The van der Waals surface area contributed by atoms with Gasteiger partial charge in [0.25, 0.3) is 10.2 Å². The van der Waals surface area contributed by atoms with Gasteiger partial charge in [0, 0.05) is 44.5 Å². The summed E-state index contributed by atoms with van der Waals surface area (Å²) >= 11 is 6.19. The summed E-state index contributed by atoms with van der Waals surface area (Å²) in [4.78, 5) is 4.38. The maximum absolute atomic E-state index is 12.3. The maximum Gasteiger partial charge on any atom is 0.281 e. The molecule has 0 N–H and O–H groups in total. The van der Waals surface area contributed by atoms with Crippen LogP contribution in [0.1, 0.15) is 36.0 Å². The zero-order chi connectivity index (χ0) is 18.0. The molecule has 1 aromatic carbocycles. The van der Waals surface area contributed by atoms with Crippen LogP contribution < -0.4 is 0 Å². The zero-order valence-electron chi connectivity index (χ0n) is 14.4. The lowest BCUT2D eigenvalue weighted by molar-refractivity contribution is 0.270. The Hall–Kier alpha value is -1.41. The molecule has 3 rings (SSSR count). The van der Waals surface area contributed by atoms with Gasteiger partial charge in [-0.3, -0.25) is 0 Å². The molecule has 1 aliphatic heterocycles. The highest BCUT2D eigenvalue weighted by Gasteiger charge is 2.33. The fourth-order valence-electron chi connectivity index (χ4n) is 3.01. The molecule has 1 aliphatic rings. The van der Waals surface area contributed by atoms with Crippen molar-refractivity contribution in [2.45, 2.75) is 25.2 Å². The summed E-state index contributed by atoms with van der Waals surface area (Å²) < 4.78 is 33.3. The molecule has 0 bridgehead atoms. The van der Waals surface area contributed by atoms with Gasteiger partial charge in [0.1, 0.15) is 5.76 Å². The molecule has 0 spiro atoms. The molecule has 1 atom stereocenters. The zero-order valence-corrected chi connectivity index (χ0v) is 15.9. The Kier molecular flexibility index (Phi) is 5.48. The molecule has 1 unspecified atom stereocenters. The van der Waals surface area contributed by atoms with Crippen LogP contribution in [0.2, 0.25) is 5.02 Å². The van der Waals surface area contributed by atoms with Gasteiger partial charge in [-0.05, 0) is 24.5 Å². The van der Waals surface area contributed by atoms with Crippen LogP contribution in [-0.2, 0) is 16.6 Å². The average molecular weight is 384 g/mol. The number of piperidine rings is 1. The van der Waals surface area contributed by atoms with Crippen LogP contribution in [0.15, 0.2) is 34.9 Å². The van der Waals surface area contributed by atoms with Gasteiger partial charge < -0.3 is 4.42 Å². The predicted molar refractivity (Wildman–Crippen MR) is 96.9 cm³/mol. The van der Waals surface area contributed by atoms with Crippen LogP contribution in [-0.4, -0.2) is 49.2 Å². The van der Waals surface area contributed by atoms with Crippen molar-refractivity contribution in [3.8, 4) is 0 Å². The SMILES string of the molecule is CN(C)S(=O)(=O)N1CCCC(c2ncc(Cc3ccccc3Cl)o2)C1. The van der Waals surface area contributed by atoms with E-state index in [-0.39, 0.29) is 5.92 Å². The van der Waals surface area contributed by atoms with E-state index in [9.17, 15) is 8.42 Å². The van der Waals surface area contributed by atoms with Crippen molar-refractivity contribution in [2.24, 2.45) is 0 Å². The van der Waals surface area contributed by atoms with E-state index >= 15 is 0 Å². The number of halogens is 1. The number of hydrogen-bond acceptors (Lipinski definition) is 4. The Morgan fingerprint density at radius 3 is 2.84 bits per heavy atom. The molecule has 136 valence electrons. The van der Waals surface area contributed by atoms with E-state index in [1.165, 1.54) is 8.61 Å². The molecule has 8 heteroatoms. The van der Waals surface area contributed by atoms with Crippen molar-refractivity contribution in [3.63, 3.8) is 0 Å². The average Bonchev–Trinajstić information content (AvgIpc) is 3.05. The minimum atomic E-state index is -3.41. The van der Waals surface area contributed by atoms with Crippen molar-refractivity contribution in [3.05, 3.63) is 52.7 Å². The highest BCUT2D eigenvalue weighted by Crippen LogP contribution is 2.29. The van der Waals surface area contributed by atoms with E-state index in [1.807, 2.05) is 24.3 Å². The van der Waals surface area contributed by atoms with Gasteiger partial charge in [-0.25, -0.2) is 4.98 Å². The summed E-state index contributed by atoms with van der Waals surface area (Å²) in [6, 6.07) is 7.62. The summed E-state index contributed by atoms with van der Waals surface area (Å²) in [5, 5.41) is 0.696. The van der Waals surface area contributed by atoms with Gasteiger partial charge in [-0.1, -0.05) is 29.8 Å². The van der Waals surface area contributed by atoms with Crippen LogP contribution in [0.5, 0.6) is 0 Å². The lowest BCUT2D eigenvalue weighted by Gasteiger charge is -2.32. The van der Waals surface area contributed by atoms with E-state index in [0.29, 0.717) is 30.4 Å². The molecule has 1 fully saturated rings. The molecular weight excluding hydrogens is 362 g/mol. The van der Waals surface area contributed by atoms with Gasteiger partial charge in [-0.2, -0.15) is 17.0 Å². The molecule has 0 aliphatic carbocycles.